The number of hydrogen-bond donors (Lipinski definition) is 2. The summed E-state index contributed by atoms with van der Waals surface area (Å²) in [5, 5.41) is 6.83. The van der Waals surface area contributed by atoms with Crippen LogP contribution in [0.5, 0.6) is 11.5 Å². The fourth-order valence-electron chi connectivity index (χ4n) is 2.02. The highest BCUT2D eigenvalue weighted by atomic mass is 35.5. The number of nitrogens with one attached hydrogen (secondary N) is 2. The van der Waals surface area contributed by atoms with Gasteiger partial charge in [-0.05, 0) is 17.7 Å². The molecule has 1 atom stereocenters. The Morgan fingerprint density at radius 2 is 2.00 bits per heavy atom. The van der Waals surface area contributed by atoms with Crippen molar-refractivity contribution in [1.29, 1.82) is 0 Å². The second-order valence-electron chi connectivity index (χ2n) is 3.82. The van der Waals surface area contributed by atoms with Crippen LogP contribution in [0.4, 0.5) is 0 Å². The summed E-state index contributed by atoms with van der Waals surface area (Å²) in [5.41, 5.74) is 1.26. The van der Waals surface area contributed by atoms with Crippen molar-refractivity contribution in [1.82, 2.24) is 10.6 Å². The SMILES string of the molecule is Cl.c1cc2c(cc1[C@@H]1CNCCN1)OCO2. The van der Waals surface area contributed by atoms with Gasteiger partial charge in [0.15, 0.2) is 11.5 Å². The zero-order chi connectivity index (χ0) is 10.1. The molecule has 2 aliphatic heterocycles. The van der Waals surface area contributed by atoms with Crippen LogP contribution in [0.1, 0.15) is 11.6 Å². The van der Waals surface area contributed by atoms with Gasteiger partial charge in [0.05, 0.1) is 0 Å². The van der Waals surface area contributed by atoms with Crippen LogP contribution in [0.3, 0.4) is 0 Å². The number of piperazine rings is 1. The van der Waals surface area contributed by atoms with Crippen molar-refractivity contribution >= 4 is 12.4 Å². The maximum absolute atomic E-state index is 5.36. The number of hydrogen-bond acceptors (Lipinski definition) is 4. The predicted octanol–water partition coefficient (Wildman–Crippen LogP) is 1.07. The van der Waals surface area contributed by atoms with Gasteiger partial charge in [0.25, 0.3) is 0 Å². The number of halogens is 1. The summed E-state index contributed by atoms with van der Waals surface area (Å²) in [6.45, 7) is 3.37. The smallest absolute Gasteiger partial charge is 0.231 e. The van der Waals surface area contributed by atoms with Crippen molar-refractivity contribution in [3.05, 3.63) is 23.8 Å². The first-order chi connectivity index (χ1) is 7.43. The van der Waals surface area contributed by atoms with Crippen molar-refractivity contribution < 1.29 is 9.47 Å². The highest BCUT2D eigenvalue weighted by Gasteiger charge is 2.18. The van der Waals surface area contributed by atoms with Crippen molar-refractivity contribution in [3.63, 3.8) is 0 Å². The molecule has 3 rings (SSSR count). The standard InChI is InChI=1S/C11H14N2O2.ClH/c1-2-10-11(15-7-14-10)5-8(1)9-6-12-3-4-13-9;/h1-2,5,9,12-13H,3-4,6-7H2;1H/t9-;/m0./s1. The molecule has 2 N–H and O–H groups in total. The Balaban J connectivity index is 0.000000963. The van der Waals surface area contributed by atoms with Gasteiger partial charge >= 0.3 is 0 Å². The third-order valence-electron chi connectivity index (χ3n) is 2.84. The molecule has 0 spiro atoms. The lowest BCUT2D eigenvalue weighted by Gasteiger charge is -2.24. The summed E-state index contributed by atoms with van der Waals surface area (Å²) < 4.78 is 10.6. The van der Waals surface area contributed by atoms with Crippen LogP contribution in [0, 0.1) is 0 Å². The van der Waals surface area contributed by atoms with E-state index in [-0.39, 0.29) is 12.4 Å². The lowest BCUT2D eigenvalue weighted by atomic mass is 10.0. The summed E-state index contributed by atoms with van der Waals surface area (Å²) in [5.74, 6) is 1.71. The third-order valence-corrected chi connectivity index (χ3v) is 2.84. The molecule has 0 radical (unpaired) electrons. The van der Waals surface area contributed by atoms with Crippen molar-refractivity contribution in [2.24, 2.45) is 0 Å². The van der Waals surface area contributed by atoms with E-state index in [1.54, 1.807) is 0 Å². The number of ether oxygens (including phenoxy) is 2. The van der Waals surface area contributed by atoms with Gasteiger partial charge in [-0.25, -0.2) is 0 Å². The molecule has 0 amide bonds. The van der Waals surface area contributed by atoms with E-state index in [0.29, 0.717) is 12.8 Å². The molecule has 1 fully saturated rings. The molecule has 0 aromatic heterocycles. The lowest BCUT2D eigenvalue weighted by Crippen LogP contribution is -2.42. The zero-order valence-corrected chi connectivity index (χ0v) is 9.68. The van der Waals surface area contributed by atoms with E-state index >= 15 is 0 Å². The van der Waals surface area contributed by atoms with Crippen LogP contribution in [0.15, 0.2) is 18.2 Å². The molecular weight excluding hydrogens is 228 g/mol. The fourth-order valence-corrected chi connectivity index (χ4v) is 2.02. The Labute approximate surface area is 101 Å². The van der Waals surface area contributed by atoms with Gasteiger partial charge < -0.3 is 20.1 Å². The topological polar surface area (TPSA) is 42.5 Å². The molecule has 0 bridgehead atoms. The summed E-state index contributed by atoms with van der Waals surface area (Å²) >= 11 is 0. The molecule has 0 saturated carbocycles. The molecule has 2 heterocycles. The van der Waals surface area contributed by atoms with E-state index in [9.17, 15) is 0 Å². The van der Waals surface area contributed by atoms with Crippen LogP contribution < -0.4 is 20.1 Å². The minimum Gasteiger partial charge on any atom is -0.454 e. The van der Waals surface area contributed by atoms with E-state index in [1.165, 1.54) is 5.56 Å². The zero-order valence-electron chi connectivity index (χ0n) is 8.86. The highest BCUT2D eigenvalue weighted by molar-refractivity contribution is 5.85. The Hall–Kier alpha value is -0.970. The van der Waals surface area contributed by atoms with Gasteiger partial charge in [-0.3, -0.25) is 0 Å². The average molecular weight is 243 g/mol. The summed E-state index contributed by atoms with van der Waals surface area (Å²) in [7, 11) is 0. The third kappa shape index (κ3) is 2.09. The first-order valence-corrected chi connectivity index (χ1v) is 5.27. The minimum absolute atomic E-state index is 0. The van der Waals surface area contributed by atoms with Crippen molar-refractivity contribution in [3.8, 4) is 11.5 Å². The van der Waals surface area contributed by atoms with Crippen LogP contribution in [-0.4, -0.2) is 26.4 Å². The molecule has 2 aliphatic rings. The van der Waals surface area contributed by atoms with Gasteiger partial charge in [0.1, 0.15) is 0 Å². The van der Waals surface area contributed by atoms with E-state index < -0.39 is 0 Å². The fraction of sp³-hybridized carbons (Fsp3) is 0.455. The van der Waals surface area contributed by atoms with E-state index in [4.69, 9.17) is 9.47 Å². The lowest BCUT2D eigenvalue weighted by molar-refractivity contribution is 0.174. The summed E-state index contributed by atoms with van der Waals surface area (Å²) in [6, 6.07) is 6.52. The number of rotatable bonds is 1. The quantitative estimate of drug-likeness (QED) is 0.773. The Morgan fingerprint density at radius 3 is 2.81 bits per heavy atom. The monoisotopic (exact) mass is 242 g/mol. The maximum Gasteiger partial charge on any atom is 0.231 e. The van der Waals surface area contributed by atoms with E-state index in [0.717, 1.165) is 31.1 Å². The second kappa shape index (κ2) is 4.91. The minimum atomic E-state index is 0. The Bertz CT molecular complexity index is 367. The second-order valence-corrected chi connectivity index (χ2v) is 3.82. The molecule has 5 heteroatoms. The molecule has 1 aromatic carbocycles. The molecule has 88 valence electrons. The molecule has 0 aliphatic carbocycles. The van der Waals surface area contributed by atoms with Gasteiger partial charge in [-0.2, -0.15) is 0 Å². The van der Waals surface area contributed by atoms with Gasteiger partial charge in [-0.15, -0.1) is 12.4 Å². The van der Waals surface area contributed by atoms with Crippen LogP contribution in [0.25, 0.3) is 0 Å². The van der Waals surface area contributed by atoms with Gasteiger partial charge in [0, 0.05) is 25.7 Å². The highest BCUT2D eigenvalue weighted by Crippen LogP contribution is 2.34. The first kappa shape index (κ1) is 11.5. The Kier molecular flexibility index (Phi) is 3.53. The Morgan fingerprint density at radius 1 is 1.12 bits per heavy atom. The van der Waals surface area contributed by atoms with E-state index in [1.807, 2.05) is 6.07 Å². The molecule has 1 saturated heterocycles. The van der Waals surface area contributed by atoms with Gasteiger partial charge in [-0.1, -0.05) is 6.07 Å². The molecule has 0 unspecified atom stereocenters. The molecule has 1 aromatic rings. The van der Waals surface area contributed by atoms with Crippen molar-refractivity contribution in [2.75, 3.05) is 26.4 Å². The molecule has 4 nitrogen and oxygen atoms in total. The van der Waals surface area contributed by atoms with Crippen LogP contribution in [-0.2, 0) is 0 Å². The average Bonchev–Trinajstić information content (AvgIpc) is 2.77. The largest absolute Gasteiger partial charge is 0.454 e. The summed E-state index contributed by atoms with van der Waals surface area (Å²) in [6.07, 6.45) is 0. The first-order valence-electron chi connectivity index (χ1n) is 5.27. The number of fused-ring (bicyclic) bond motifs is 1. The van der Waals surface area contributed by atoms with Crippen molar-refractivity contribution in [2.45, 2.75) is 6.04 Å². The summed E-state index contributed by atoms with van der Waals surface area (Å²) in [4.78, 5) is 0. The molecular formula is C11H15ClN2O2. The maximum atomic E-state index is 5.36. The van der Waals surface area contributed by atoms with Crippen LogP contribution in [0.2, 0.25) is 0 Å². The predicted molar refractivity (Wildman–Crippen MR) is 63.4 cm³/mol. The normalized spacial score (nSPS) is 22.6. The molecule has 16 heavy (non-hydrogen) atoms. The van der Waals surface area contributed by atoms with Crippen LogP contribution >= 0.6 is 12.4 Å². The van der Waals surface area contributed by atoms with Gasteiger partial charge in [0.2, 0.25) is 6.79 Å². The number of benzene rings is 1. The van der Waals surface area contributed by atoms with E-state index in [2.05, 4.69) is 22.8 Å².